The third kappa shape index (κ3) is 32.2. The zero-order chi connectivity index (χ0) is 29.9. The van der Waals surface area contributed by atoms with E-state index in [0.29, 0.717) is 12.2 Å². The van der Waals surface area contributed by atoms with E-state index in [1.165, 1.54) is 193 Å². The second kappa shape index (κ2) is 35.6. The molecule has 2 unspecified atom stereocenters. The highest BCUT2D eigenvalue weighted by Crippen LogP contribution is 2.23. The maximum Gasteiger partial charge on any atom is 0.0578 e. The molecule has 0 aliphatic carbocycles. The molecule has 1 heteroatoms. The number of ether oxygens (including phenoxy) is 1. The summed E-state index contributed by atoms with van der Waals surface area (Å²) in [6.45, 7) is 8.91. The molecule has 0 rings (SSSR count). The average Bonchev–Trinajstić information content (AvgIpc) is 2.98. The molecule has 0 fully saturated rings. The first-order valence-electron chi connectivity index (χ1n) is 19.2. The molecule has 0 aliphatic rings. The van der Waals surface area contributed by atoms with Crippen LogP contribution < -0.4 is 0 Å². The van der Waals surface area contributed by atoms with Crippen LogP contribution in [0.4, 0.5) is 0 Å². The minimum absolute atomic E-state index is 0.507. The molecule has 0 aromatic rings. The van der Waals surface area contributed by atoms with Crippen LogP contribution in [-0.2, 0) is 4.74 Å². The fourth-order valence-electron chi connectivity index (χ4n) is 6.15. The summed E-state index contributed by atoms with van der Waals surface area (Å²) in [6, 6.07) is 0. The summed E-state index contributed by atoms with van der Waals surface area (Å²) >= 11 is 0. The van der Waals surface area contributed by atoms with E-state index in [-0.39, 0.29) is 0 Å². The smallest absolute Gasteiger partial charge is 0.0578 e. The Bertz CT molecular complexity index is 475. The lowest BCUT2D eigenvalue weighted by atomic mass is 9.99. The third-order valence-electron chi connectivity index (χ3n) is 8.91. The topological polar surface area (TPSA) is 9.23 Å². The second-order valence-corrected chi connectivity index (χ2v) is 13.0. The molecule has 244 valence electrons. The van der Waals surface area contributed by atoms with Crippen LogP contribution in [-0.4, -0.2) is 12.2 Å². The molecule has 0 aromatic heterocycles. The van der Waals surface area contributed by atoms with Crippen molar-refractivity contribution in [1.82, 2.24) is 0 Å². The number of hydrogen-bond acceptors (Lipinski definition) is 1. The Morgan fingerprint density at radius 2 is 0.634 bits per heavy atom. The fraction of sp³-hybridized carbons (Fsp3) is 0.900. The van der Waals surface area contributed by atoms with Crippen molar-refractivity contribution in [1.29, 1.82) is 0 Å². The Balaban J connectivity index is 4.63. The van der Waals surface area contributed by atoms with Crippen LogP contribution in [0, 0.1) is 0 Å². The van der Waals surface area contributed by atoms with Gasteiger partial charge >= 0.3 is 0 Å². The summed E-state index contributed by atoms with van der Waals surface area (Å²) < 4.78 is 7.03. The van der Waals surface area contributed by atoms with Gasteiger partial charge in [0.15, 0.2) is 0 Å². The van der Waals surface area contributed by atoms with E-state index in [1.54, 1.807) is 0 Å². The van der Waals surface area contributed by atoms with E-state index < -0.39 is 0 Å². The van der Waals surface area contributed by atoms with Gasteiger partial charge in [-0.2, -0.15) is 0 Å². The third-order valence-corrected chi connectivity index (χ3v) is 8.91. The van der Waals surface area contributed by atoms with E-state index in [1.807, 2.05) is 0 Å². The summed E-state index contributed by atoms with van der Waals surface area (Å²) in [7, 11) is 0. The van der Waals surface area contributed by atoms with Crippen LogP contribution in [0.5, 0.6) is 0 Å². The van der Waals surface area contributed by atoms with Crippen molar-refractivity contribution in [2.45, 2.75) is 233 Å². The van der Waals surface area contributed by atoms with Crippen molar-refractivity contribution in [3.63, 3.8) is 0 Å². The van der Waals surface area contributed by atoms with Crippen molar-refractivity contribution >= 4 is 0 Å². The molecule has 0 saturated carbocycles. The van der Waals surface area contributed by atoms with Crippen LogP contribution in [0.25, 0.3) is 0 Å². The van der Waals surface area contributed by atoms with Crippen LogP contribution >= 0.6 is 0 Å². The van der Waals surface area contributed by atoms with Crippen molar-refractivity contribution in [2.75, 3.05) is 0 Å². The van der Waals surface area contributed by atoms with Gasteiger partial charge in [-0.1, -0.05) is 179 Å². The quantitative estimate of drug-likeness (QED) is 0.0548. The highest BCUT2D eigenvalue weighted by molar-refractivity contribution is 4.76. The summed E-state index contributed by atoms with van der Waals surface area (Å²) in [5.41, 5.74) is 0. The highest BCUT2D eigenvalue weighted by atomic mass is 16.5. The molecule has 1 nitrogen and oxygen atoms in total. The van der Waals surface area contributed by atoms with Crippen LogP contribution in [0.15, 0.2) is 24.3 Å². The van der Waals surface area contributed by atoms with E-state index in [4.69, 9.17) is 4.74 Å². The summed E-state index contributed by atoms with van der Waals surface area (Å²) in [4.78, 5) is 0. The predicted octanol–water partition coefficient (Wildman–Crippen LogP) is 14.6. The number of hydrogen-bond donors (Lipinski definition) is 0. The molecular formula is C40H78O. The SMILES string of the molecule is CC=CCCCCCCCCC(CCCCCCCC)OC(CCCCCCCC)CCCCCCCCC=CC. The summed E-state index contributed by atoms with van der Waals surface area (Å²) in [6.07, 6.45) is 51.2. The van der Waals surface area contributed by atoms with Crippen molar-refractivity contribution in [3.05, 3.63) is 24.3 Å². The van der Waals surface area contributed by atoms with Crippen molar-refractivity contribution in [2.24, 2.45) is 0 Å². The van der Waals surface area contributed by atoms with Gasteiger partial charge in [-0.15, -0.1) is 0 Å². The predicted molar refractivity (Wildman–Crippen MR) is 188 cm³/mol. The molecule has 0 spiro atoms. The standard InChI is InChI=1S/C40H78O/c1-5-9-13-17-21-23-25-29-33-37-39(35-31-27-19-15-11-7-3)41-40(36-32-28-20-16-12-8-4)38-34-30-26-24-22-18-14-10-6-2/h5-6,9-10,39-40H,7-8,11-38H2,1-4H3. The van der Waals surface area contributed by atoms with Crippen LogP contribution in [0.3, 0.4) is 0 Å². The highest BCUT2D eigenvalue weighted by Gasteiger charge is 2.17. The van der Waals surface area contributed by atoms with E-state index >= 15 is 0 Å². The van der Waals surface area contributed by atoms with E-state index in [0.717, 1.165) is 0 Å². The first-order chi connectivity index (χ1) is 20.3. The second-order valence-electron chi connectivity index (χ2n) is 13.0. The molecule has 0 aliphatic heterocycles. The Labute approximate surface area is 261 Å². The molecule has 0 radical (unpaired) electrons. The zero-order valence-electron chi connectivity index (χ0n) is 29.1. The number of allylic oxidation sites excluding steroid dienone is 4. The summed E-state index contributed by atoms with van der Waals surface area (Å²) in [5.74, 6) is 0. The Morgan fingerprint density at radius 1 is 0.366 bits per heavy atom. The van der Waals surface area contributed by atoms with Gasteiger partial charge in [0.05, 0.1) is 12.2 Å². The maximum absolute atomic E-state index is 7.03. The Kier molecular flexibility index (Phi) is 35.1. The van der Waals surface area contributed by atoms with Gasteiger partial charge in [-0.3, -0.25) is 0 Å². The minimum Gasteiger partial charge on any atom is -0.375 e. The summed E-state index contributed by atoms with van der Waals surface area (Å²) in [5, 5.41) is 0. The van der Waals surface area contributed by atoms with Gasteiger partial charge in [-0.05, 0) is 65.2 Å². The molecular weight excluding hydrogens is 496 g/mol. The van der Waals surface area contributed by atoms with Gasteiger partial charge in [0.25, 0.3) is 0 Å². The molecule has 0 amide bonds. The normalized spacial score (nSPS) is 13.6. The fourth-order valence-corrected chi connectivity index (χ4v) is 6.15. The van der Waals surface area contributed by atoms with Gasteiger partial charge in [0.2, 0.25) is 0 Å². The van der Waals surface area contributed by atoms with Gasteiger partial charge < -0.3 is 4.74 Å². The Morgan fingerprint density at radius 3 is 0.927 bits per heavy atom. The number of unbranched alkanes of at least 4 members (excludes halogenated alkanes) is 22. The molecule has 0 saturated heterocycles. The first-order valence-corrected chi connectivity index (χ1v) is 19.2. The van der Waals surface area contributed by atoms with Crippen LogP contribution in [0.1, 0.15) is 220 Å². The average molecular weight is 575 g/mol. The monoisotopic (exact) mass is 575 g/mol. The first kappa shape index (κ1) is 40.4. The van der Waals surface area contributed by atoms with Gasteiger partial charge in [0.1, 0.15) is 0 Å². The lowest BCUT2D eigenvalue weighted by molar-refractivity contribution is -0.0324. The molecule has 41 heavy (non-hydrogen) atoms. The van der Waals surface area contributed by atoms with Crippen molar-refractivity contribution in [3.8, 4) is 0 Å². The maximum atomic E-state index is 7.03. The van der Waals surface area contributed by atoms with Gasteiger partial charge in [0, 0.05) is 0 Å². The van der Waals surface area contributed by atoms with Gasteiger partial charge in [-0.25, -0.2) is 0 Å². The zero-order valence-corrected chi connectivity index (χ0v) is 29.1. The largest absolute Gasteiger partial charge is 0.375 e. The number of rotatable bonds is 34. The molecule has 0 heterocycles. The minimum atomic E-state index is 0.507. The molecule has 2 atom stereocenters. The molecule has 0 aromatic carbocycles. The lowest BCUT2D eigenvalue weighted by Gasteiger charge is -2.26. The van der Waals surface area contributed by atoms with Crippen molar-refractivity contribution < 1.29 is 4.74 Å². The lowest BCUT2D eigenvalue weighted by Crippen LogP contribution is -2.23. The molecule has 0 N–H and O–H groups in total. The van der Waals surface area contributed by atoms with Crippen LogP contribution in [0.2, 0.25) is 0 Å². The van der Waals surface area contributed by atoms with E-state index in [9.17, 15) is 0 Å². The Hall–Kier alpha value is -0.560. The molecule has 0 bridgehead atoms. The van der Waals surface area contributed by atoms with E-state index in [2.05, 4.69) is 52.0 Å².